The van der Waals surface area contributed by atoms with Crippen molar-refractivity contribution in [3.8, 4) is 11.3 Å². The molecular formula is C22H26N4O2. The molecule has 2 aromatic heterocycles. The lowest BCUT2D eigenvalue weighted by Gasteiger charge is -2.19. The van der Waals surface area contributed by atoms with Crippen molar-refractivity contribution < 1.29 is 9.90 Å². The van der Waals surface area contributed by atoms with Crippen molar-refractivity contribution in [3.63, 3.8) is 0 Å². The molecule has 146 valence electrons. The molecule has 1 fully saturated rings. The minimum absolute atomic E-state index is 0.0473. The van der Waals surface area contributed by atoms with Crippen molar-refractivity contribution in [1.82, 2.24) is 15.0 Å². The van der Waals surface area contributed by atoms with Gasteiger partial charge in [-0.15, -0.1) is 0 Å². The van der Waals surface area contributed by atoms with Crippen LogP contribution in [0.5, 0.6) is 0 Å². The van der Waals surface area contributed by atoms with Crippen LogP contribution in [0.15, 0.2) is 36.7 Å². The lowest BCUT2D eigenvalue weighted by atomic mass is 9.87. The molecule has 28 heavy (non-hydrogen) atoms. The van der Waals surface area contributed by atoms with Crippen molar-refractivity contribution in [3.05, 3.63) is 42.2 Å². The largest absolute Gasteiger partial charge is 0.396 e. The highest BCUT2D eigenvalue weighted by Crippen LogP contribution is 2.30. The number of aliphatic hydroxyl groups excluding tert-OH is 1. The van der Waals surface area contributed by atoms with Crippen molar-refractivity contribution in [2.45, 2.75) is 27.2 Å². The SMILES string of the molecule is CC(C)(C)C(=O)c1c[nH]c2ncc(-c3cccc(N4CC[C@H](CO)C4)c3)nc12. The second-order valence-corrected chi connectivity index (χ2v) is 8.57. The first-order valence-electron chi connectivity index (χ1n) is 9.72. The van der Waals surface area contributed by atoms with E-state index in [-0.39, 0.29) is 12.4 Å². The fraction of sp³-hybridized carbons (Fsp3) is 0.409. The van der Waals surface area contributed by atoms with Crippen LogP contribution in [0.1, 0.15) is 37.6 Å². The van der Waals surface area contributed by atoms with Gasteiger partial charge >= 0.3 is 0 Å². The molecular weight excluding hydrogens is 352 g/mol. The molecule has 4 rings (SSSR count). The van der Waals surface area contributed by atoms with E-state index in [1.54, 1.807) is 12.4 Å². The van der Waals surface area contributed by atoms with Gasteiger partial charge in [0.2, 0.25) is 0 Å². The molecule has 0 aliphatic carbocycles. The molecule has 6 heteroatoms. The Morgan fingerprint density at radius 2 is 2.18 bits per heavy atom. The molecule has 1 atom stereocenters. The Hall–Kier alpha value is -2.73. The zero-order chi connectivity index (χ0) is 19.9. The van der Waals surface area contributed by atoms with Gasteiger partial charge < -0.3 is 15.0 Å². The number of aromatic amines is 1. The standard InChI is InChI=1S/C22H26N4O2/c1-22(2,3)20(28)17-10-23-21-19(17)25-18(11-24-21)15-5-4-6-16(9-15)26-8-7-14(12-26)13-27/h4-6,9-11,14,27H,7-8,12-13H2,1-3H3,(H,23,24)/t14-/m0/s1. The maximum atomic E-state index is 12.8. The third-order valence-electron chi connectivity index (χ3n) is 5.36. The maximum Gasteiger partial charge on any atom is 0.171 e. The minimum Gasteiger partial charge on any atom is -0.396 e. The van der Waals surface area contributed by atoms with Crippen LogP contribution < -0.4 is 4.90 Å². The van der Waals surface area contributed by atoms with Gasteiger partial charge in [0, 0.05) is 48.5 Å². The van der Waals surface area contributed by atoms with Crippen molar-refractivity contribution in [2.24, 2.45) is 11.3 Å². The number of benzene rings is 1. The predicted octanol–water partition coefficient (Wildman–Crippen LogP) is 3.67. The number of aromatic nitrogens is 3. The van der Waals surface area contributed by atoms with Gasteiger partial charge in [-0.25, -0.2) is 9.97 Å². The zero-order valence-electron chi connectivity index (χ0n) is 16.6. The highest BCUT2D eigenvalue weighted by atomic mass is 16.3. The first-order valence-corrected chi connectivity index (χ1v) is 9.72. The van der Waals surface area contributed by atoms with E-state index in [2.05, 4.69) is 27.0 Å². The second kappa shape index (κ2) is 7.02. The Balaban J connectivity index is 1.70. The number of nitrogens with one attached hydrogen (secondary N) is 1. The van der Waals surface area contributed by atoms with E-state index >= 15 is 0 Å². The first-order chi connectivity index (χ1) is 13.4. The third kappa shape index (κ3) is 3.40. The Bertz CT molecular complexity index is 1020. The number of H-pyrrole nitrogens is 1. The number of carbonyl (C=O) groups excluding carboxylic acids is 1. The van der Waals surface area contributed by atoms with Crippen LogP contribution in [-0.2, 0) is 0 Å². The van der Waals surface area contributed by atoms with Crippen molar-refractivity contribution in [1.29, 1.82) is 0 Å². The number of anilines is 1. The molecule has 3 aromatic rings. The van der Waals surface area contributed by atoms with E-state index in [0.717, 1.165) is 36.5 Å². The average Bonchev–Trinajstić information content (AvgIpc) is 3.33. The number of aliphatic hydroxyl groups is 1. The molecule has 0 spiro atoms. The molecule has 0 bridgehead atoms. The van der Waals surface area contributed by atoms with E-state index < -0.39 is 5.41 Å². The van der Waals surface area contributed by atoms with Crippen LogP contribution in [0, 0.1) is 11.3 Å². The van der Waals surface area contributed by atoms with E-state index in [9.17, 15) is 9.90 Å². The van der Waals surface area contributed by atoms with Crippen LogP contribution in [0.3, 0.4) is 0 Å². The van der Waals surface area contributed by atoms with E-state index in [4.69, 9.17) is 4.98 Å². The van der Waals surface area contributed by atoms with Gasteiger partial charge in [0.15, 0.2) is 11.4 Å². The molecule has 1 saturated heterocycles. The molecule has 0 unspecified atom stereocenters. The topological polar surface area (TPSA) is 82.1 Å². The summed E-state index contributed by atoms with van der Waals surface area (Å²) in [6.07, 6.45) is 4.45. The summed E-state index contributed by atoms with van der Waals surface area (Å²) in [6.45, 7) is 7.77. The number of nitrogens with zero attached hydrogens (tertiary/aromatic N) is 3. The molecule has 0 amide bonds. The van der Waals surface area contributed by atoms with Gasteiger partial charge in [-0.1, -0.05) is 32.9 Å². The number of hydrogen-bond donors (Lipinski definition) is 2. The molecule has 0 radical (unpaired) electrons. The maximum absolute atomic E-state index is 12.8. The summed E-state index contributed by atoms with van der Waals surface area (Å²) in [4.78, 5) is 27.4. The second-order valence-electron chi connectivity index (χ2n) is 8.57. The average molecular weight is 378 g/mol. The Morgan fingerprint density at radius 3 is 2.89 bits per heavy atom. The van der Waals surface area contributed by atoms with Crippen molar-refractivity contribution >= 4 is 22.6 Å². The molecule has 0 saturated carbocycles. The molecule has 1 aromatic carbocycles. The van der Waals surface area contributed by atoms with E-state index in [1.165, 1.54) is 0 Å². The van der Waals surface area contributed by atoms with Crippen LogP contribution >= 0.6 is 0 Å². The summed E-state index contributed by atoms with van der Waals surface area (Å²) in [7, 11) is 0. The molecule has 6 nitrogen and oxygen atoms in total. The molecule has 1 aliphatic heterocycles. The summed E-state index contributed by atoms with van der Waals surface area (Å²) >= 11 is 0. The number of Topliss-reactive ketones (excluding diaryl/α,β-unsaturated/α-hetero) is 1. The van der Waals surface area contributed by atoms with Gasteiger partial charge in [-0.3, -0.25) is 4.79 Å². The van der Waals surface area contributed by atoms with Gasteiger partial charge in [0.1, 0.15) is 5.52 Å². The summed E-state index contributed by atoms with van der Waals surface area (Å²) < 4.78 is 0. The van der Waals surface area contributed by atoms with Gasteiger partial charge in [0.25, 0.3) is 0 Å². The fourth-order valence-corrected chi connectivity index (χ4v) is 3.69. The number of rotatable bonds is 4. The van der Waals surface area contributed by atoms with Crippen LogP contribution in [0.4, 0.5) is 5.69 Å². The summed E-state index contributed by atoms with van der Waals surface area (Å²) in [5.41, 5.74) is 4.17. The predicted molar refractivity (Wildman–Crippen MR) is 111 cm³/mol. The zero-order valence-corrected chi connectivity index (χ0v) is 16.6. The fourth-order valence-electron chi connectivity index (χ4n) is 3.69. The quantitative estimate of drug-likeness (QED) is 0.677. The summed E-state index contributed by atoms with van der Waals surface area (Å²) in [5.74, 6) is 0.386. The van der Waals surface area contributed by atoms with Gasteiger partial charge in [0.05, 0.1) is 17.5 Å². The third-order valence-corrected chi connectivity index (χ3v) is 5.36. The van der Waals surface area contributed by atoms with E-state index in [0.29, 0.717) is 22.6 Å². The van der Waals surface area contributed by atoms with Gasteiger partial charge in [-0.2, -0.15) is 0 Å². The Morgan fingerprint density at radius 1 is 1.36 bits per heavy atom. The highest BCUT2D eigenvalue weighted by molar-refractivity contribution is 6.08. The van der Waals surface area contributed by atoms with Crippen LogP contribution in [-0.4, -0.2) is 45.5 Å². The number of ketones is 1. The summed E-state index contributed by atoms with van der Waals surface area (Å²) in [6, 6.07) is 8.21. The van der Waals surface area contributed by atoms with Crippen LogP contribution in [0.25, 0.3) is 22.4 Å². The monoisotopic (exact) mass is 378 g/mol. The van der Waals surface area contributed by atoms with Crippen molar-refractivity contribution in [2.75, 3.05) is 24.6 Å². The summed E-state index contributed by atoms with van der Waals surface area (Å²) in [5, 5.41) is 9.40. The number of fused-ring (bicyclic) bond motifs is 1. The molecule has 2 N–H and O–H groups in total. The lowest BCUT2D eigenvalue weighted by molar-refractivity contribution is 0.0860. The number of hydrogen-bond acceptors (Lipinski definition) is 5. The van der Waals surface area contributed by atoms with E-state index in [1.807, 2.05) is 32.9 Å². The first kappa shape index (κ1) is 18.6. The van der Waals surface area contributed by atoms with Gasteiger partial charge in [-0.05, 0) is 18.6 Å². The number of carbonyl (C=O) groups is 1. The molecule has 3 heterocycles. The normalized spacial score (nSPS) is 17.4. The Kier molecular flexibility index (Phi) is 4.67. The lowest BCUT2D eigenvalue weighted by Crippen LogP contribution is -2.20. The molecule has 1 aliphatic rings. The highest BCUT2D eigenvalue weighted by Gasteiger charge is 2.26. The Labute approximate surface area is 164 Å². The van der Waals surface area contributed by atoms with Crippen LogP contribution in [0.2, 0.25) is 0 Å². The minimum atomic E-state index is -0.480. The smallest absolute Gasteiger partial charge is 0.171 e.